The number of pyridine rings is 1. The van der Waals surface area contributed by atoms with Gasteiger partial charge in [-0.2, -0.15) is 0 Å². The standard InChI is InChI=1S/C22H19ClFN3O2/c23-17-7-5-15(6-8-17)20(28)10-12-22(29)27-18-9-11-21(26-14-18)25-13-16-3-1-2-4-19(16)24/h1-9,11,14H,10,12-13H2,(H,25,26)(H,27,29). The molecule has 0 fully saturated rings. The molecule has 3 aromatic rings. The van der Waals surface area contributed by atoms with Gasteiger partial charge in [0, 0.05) is 35.5 Å². The Hall–Kier alpha value is -3.25. The number of carbonyl (C=O) groups excluding carboxylic acids is 2. The second kappa shape index (κ2) is 9.80. The van der Waals surface area contributed by atoms with Crippen molar-refractivity contribution < 1.29 is 14.0 Å². The van der Waals surface area contributed by atoms with Crippen molar-refractivity contribution in [1.82, 2.24) is 4.98 Å². The van der Waals surface area contributed by atoms with Crippen LogP contribution < -0.4 is 10.6 Å². The van der Waals surface area contributed by atoms with Gasteiger partial charge in [-0.05, 0) is 42.5 Å². The summed E-state index contributed by atoms with van der Waals surface area (Å²) in [6.07, 6.45) is 1.67. The Morgan fingerprint density at radius 2 is 1.72 bits per heavy atom. The number of hydrogen-bond acceptors (Lipinski definition) is 4. The van der Waals surface area contributed by atoms with Gasteiger partial charge in [0.25, 0.3) is 0 Å². The van der Waals surface area contributed by atoms with E-state index in [0.717, 1.165) is 0 Å². The first-order valence-electron chi connectivity index (χ1n) is 9.03. The lowest BCUT2D eigenvalue weighted by atomic mass is 10.1. The molecule has 0 aliphatic carbocycles. The molecular weight excluding hydrogens is 393 g/mol. The summed E-state index contributed by atoms with van der Waals surface area (Å²) in [6, 6.07) is 16.4. The fraction of sp³-hybridized carbons (Fsp3) is 0.136. The highest BCUT2D eigenvalue weighted by Gasteiger charge is 2.10. The minimum Gasteiger partial charge on any atom is -0.366 e. The molecule has 0 saturated carbocycles. The molecule has 1 heterocycles. The van der Waals surface area contributed by atoms with Gasteiger partial charge in [-0.15, -0.1) is 0 Å². The molecule has 0 aliphatic heterocycles. The van der Waals surface area contributed by atoms with Crippen LogP contribution in [-0.2, 0) is 11.3 Å². The molecule has 7 heteroatoms. The van der Waals surface area contributed by atoms with E-state index in [4.69, 9.17) is 11.6 Å². The topological polar surface area (TPSA) is 71.1 Å². The highest BCUT2D eigenvalue weighted by atomic mass is 35.5. The number of nitrogens with one attached hydrogen (secondary N) is 2. The first-order chi connectivity index (χ1) is 14.0. The molecule has 0 atom stereocenters. The number of amides is 1. The fourth-order valence-corrected chi connectivity index (χ4v) is 2.76. The van der Waals surface area contributed by atoms with Crippen LogP contribution in [0.5, 0.6) is 0 Å². The molecule has 2 N–H and O–H groups in total. The van der Waals surface area contributed by atoms with Gasteiger partial charge in [0.15, 0.2) is 5.78 Å². The van der Waals surface area contributed by atoms with Crippen LogP contribution in [0, 0.1) is 5.82 Å². The predicted molar refractivity (Wildman–Crippen MR) is 112 cm³/mol. The molecule has 1 amide bonds. The van der Waals surface area contributed by atoms with Crippen LogP contribution >= 0.6 is 11.6 Å². The number of ketones is 1. The molecule has 29 heavy (non-hydrogen) atoms. The van der Waals surface area contributed by atoms with Gasteiger partial charge in [0.05, 0.1) is 11.9 Å². The first-order valence-corrected chi connectivity index (χ1v) is 9.41. The largest absolute Gasteiger partial charge is 0.366 e. The van der Waals surface area contributed by atoms with E-state index in [1.807, 2.05) is 0 Å². The van der Waals surface area contributed by atoms with Crippen LogP contribution in [0.15, 0.2) is 66.9 Å². The third-order valence-electron chi connectivity index (χ3n) is 4.21. The molecule has 0 unspecified atom stereocenters. The normalized spacial score (nSPS) is 10.4. The molecule has 1 aromatic heterocycles. The Kier molecular flexibility index (Phi) is 6.92. The number of nitrogens with zero attached hydrogens (tertiary/aromatic N) is 1. The number of Topliss-reactive ketones (excluding diaryl/α,β-unsaturated/α-hetero) is 1. The molecule has 148 valence electrons. The van der Waals surface area contributed by atoms with Crippen molar-refractivity contribution in [2.75, 3.05) is 10.6 Å². The Balaban J connectivity index is 1.46. The quantitative estimate of drug-likeness (QED) is 0.506. The summed E-state index contributed by atoms with van der Waals surface area (Å²) in [5.41, 5.74) is 1.58. The van der Waals surface area contributed by atoms with E-state index in [2.05, 4.69) is 15.6 Å². The fourth-order valence-electron chi connectivity index (χ4n) is 2.63. The summed E-state index contributed by atoms with van der Waals surface area (Å²) in [6.45, 7) is 0.304. The number of hydrogen-bond donors (Lipinski definition) is 2. The second-order valence-electron chi connectivity index (χ2n) is 6.36. The van der Waals surface area contributed by atoms with E-state index >= 15 is 0 Å². The third-order valence-corrected chi connectivity index (χ3v) is 4.46. The number of rotatable bonds is 8. The minimum absolute atomic E-state index is 0.0642. The molecule has 0 bridgehead atoms. The maximum absolute atomic E-state index is 13.6. The number of aromatic nitrogens is 1. The van der Waals surface area contributed by atoms with Crippen molar-refractivity contribution in [3.63, 3.8) is 0 Å². The van der Waals surface area contributed by atoms with E-state index < -0.39 is 0 Å². The van der Waals surface area contributed by atoms with Crippen molar-refractivity contribution in [3.05, 3.63) is 88.8 Å². The van der Waals surface area contributed by atoms with Crippen molar-refractivity contribution >= 4 is 34.8 Å². The predicted octanol–water partition coefficient (Wildman–Crippen LogP) is 5.09. The molecule has 5 nitrogen and oxygen atoms in total. The van der Waals surface area contributed by atoms with Gasteiger partial charge in [-0.1, -0.05) is 29.8 Å². The Bertz CT molecular complexity index is 992. The minimum atomic E-state index is -0.281. The van der Waals surface area contributed by atoms with Gasteiger partial charge in [0.1, 0.15) is 11.6 Å². The zero-order valence-corrected chi connectivity index (χ0v) is 16.2. The van der Waals surface area contributed by atoms with Crippen LogP contribution in [-0.4, -0.2) is 16.7 Å². The summed E-state index contributed by atoms with van der Waals surface area (Å²) in [7, 11) is 0. The molecule has 0 aliphatic rings. The van der Waals surface area contributed by atoms with Crippen LogP contribution in [0.2, 0.25) is 5.02 Å². The van der Waals surface area contributed by atoms with Gasteiger partial charge < -0.3 is 10.6 Å². The molecule has 0 spiro atoms. The number of anilines is 2. The maximum Gasteiger partial charge on any atom is 0.224 e. The lowest BCUT2D eigenvalue weighted by Crippen LogP contribution is -2.14. The second-order valence-corrected chi connectivity index (χ2v) is 6.79. The van der Waals surface area contributed by atoms with Crippen molar-refractivity contribution in [3.8, 4) is 0 Å². The average molecular weight is 412 g/mol. The zero-order valence-electron chi connectivity index (χ0n) is 15.5. The van der Waals surface area contributed by atoms with Crippen molar-refractivity contribution in [1.29, 1.82) is 0 Å². The van der Waals surface area contributed by atoms with Gasteiger partial charge in [0.2, 0.25) is 5.91 Å². The van der Waals surface area contributed by atoms with E-state index in [9.17, 15) is 14.0 Å². The summed E-state index contributed by atoms with van der Waals surface area (Å²) in [5, 5.41) is 6.29. The summed E-state index contributed by atoms with van der Waals surface area (Å²) in [4.78, 5) is 28.4. The monoisotopic (exact) mass is 411 g/mol. The number of benzene rings is 2. The lowest BCUT2D eigenvalue weighted by Gasteiger charge is -2.08. The molecule has 2 aromatic carbocycles. The SMILES string of the molecule is O=C(CCC(=O)c1ccc(Cl)cc1)Nc1ccc(NCc2ccccc2F)nc1. The zero-order chi connectivity index (χ0) is 20.6. The van der Waals surface area contributed by atoms with Crippen LogP contribution in [0.25, 0.3) is 0 Å². The van der Waals surface area contributed by atoms with E-state index in [1.165, 1.54) is 12.3 Å². The van der Waals surface area contributed by atoms with Crippen molar-refractivity contribution in [2.45, 2.75) is 19.4 Å². The maximum atomic E-state index is 13.6. The Morgan fingerprint density at radius 1 is 0.966 bits per heavy atom. The highest BCUT2D eigenvalue weighted by molar-refractivity contribution is 6.30. The van der Waals surface area contributed by atoms with Gasteiger partial charge in [-0.3, -0.25) is 9.59 Å². The van der Waals surface area contributed by atoms with E-state index in [-0.39, 0.29) is 30.3 Å². The summed E-state index contributed by atoms with van der Waals surface area (Å²) in [5.74, 6) is -0.120. The Labute approximate surface area is 172 Å². The first kappa shape index (κ1) is 20.5. The number of carbonyl (C=O) groups is 2. The highest BCUT2D eigenvalue weighted by Crippen LogP contribution is 2.14. The summed E-state index contributed by atoms with van der Waals surface area (Å²) >= 11 is 5.80. The molecule has 0 radical (unpaired) electrons. The molecular formula is C22H19ClFN3O2. The Morgan fingerprint density at radius 3 is 2.41 bits per heavy atom. The van der Waals surface area contributed by atoms with E-state index in [0.29, 0.717) is 34.2 Å². The molecule has 3 rings (SSSR count). The van der Waals surface area contributed by atoms with Crippen LogP contribution in [0.4, 0.5) is 15.9 Å². The molecule has 0 saturated heterocycles. The van der Waals surface area contributed by atoms with Crippen LogP contribution in [0.1, 0.15) is 28.8 Å². The third kappa shape index (κ3) is 6.12. The smallest absolute Gasteiger partial charge is 0.224 e. The van der Waals surface area contributed by atoms with Gasteiger partial charge >= 0.3 is 0 Å². The average Bonchev–Trinajstić information content (AvgIpc) is 2.73. The van der Waals surface area contributed by atoms with Gasteiger partial charge in [-0.25, -0.2) is 9.37 Å². The van der Waals surface area contributed by atoms with E-state index in [1.54, 1.807) is 54.6 Å². The summed E-state index contributed by atoms with van der Waals surface area (Å²) < 4.78 is 13.6. The number of halogens is 2. The van der Waals surface area contributed by atoms with Crippen LogP contribution in [0.3, 0.4) is 0 Å². The van der Waals surface area contributed by atoms with Crippen molar-refractivity contribution in [2.24, 2.45) is 0 Å². The lowest BCUT2D eigenvalue weighted by molar-refractivity contribution is -0.116.